The monoisotopic (exact) mass is 800 g/mol. The summed E-state index contributed by atoms with van der Waals surface area (Å²) in [5.74, 6) is -0.0744. The van der Waals surface area contributed by atoms with Gasteiger partial charge in [0, 0.05) is 60.9 Å². The maximum Gasteiger partial charge on any atom is 0.254 e. The molecule has 13 nitrogen and oxygen atoms in total. The highest BCUT2D eigenvalue weighted by Gasteiger charge is 2.51. The number of nitrogens with one attached hydrogen (secondary N) is 3. The molecular weight excluding hydrogens is 752 g/mol. The number of nitrogens with zero attached hydrogens (tertiary/aromatic N) is 5. The minimum Gasteiger partial charge on any atom is -0.492 e. The van der Waals surface area contributed by atoms with Crippen LogP contribution in [-0.2, 0) is 25.6 Å². The van der Waals surface area contributed by atoms with Gasteiger partial charge in [0.05, 0.1) is 17.1 Å². The Morgan fingerprint density at radius 2 is 1.75 bits per heavy atom. The number of halogens is 1. The largest absolute Gasteiger partial charge is 0.492 e. The van der Waals surface area contributed by atoms with E-state index in [9.17, 15) is 24.4 Å². The molecule has 3 aromatic rings. The number of hydrogen-bond acceptors (Lipinski definition) is 11. The molecule has 4 amide bonds. The van der Waals surface area contributed by atoms with E-state index in [1.54, 1.807) is 29.2 Å². The van der Waals surface area contributed by atoms with Crippen molar-refractivity contribution >= 4 is 70.6 Å². The van der Waals surface area contributed by atoms with Gasteiger partial charge in [0.1, 0.15) is 30.0 Å². The molecule has 4 atom stereocenters. The summed E-state index contributed by atoms with van der Waals surface area (Å²) in [6.07, 6.45) is 1.43. The Balaban J connectivity index is 1.01. The molecule has 3 heterocycles. The van der Waals surface area contributed by atoms with E-state index in [4.69, 9.17) is 29.0 Å². The summed E-state index contributed by atoms with van der Waals surface area (Å²) < 4.78 is 6.35. The summed E-state index contributed by atoms with van der Waals surface area (Å²) in [6, 6.07) is 20.0. The molecule has 56 heavy (non-hydrogen) atoms. The van der Waals surface area contributed by atoms with Crippen LogP contribution in [-0.4, -0.2) is 95.4 Å². The van der Waals surface area contributed by atoms with Gasteiger partial charge in [0.2, 0.25) is 17.7 Å². The van der Waals surface area contributed by atoms with Crippen LogP contribution in [0, 0.1) is 11.3 Å². The highest BCUT2D eigenvalue weighted by Crippen LogP contribution is 2.42. The molecule has 3 N–H and O–H groups in total. The topological polar surface area (TPSA) is 150 Å². The van der Waals surface area contributed by atoms with Crippen LogP contribution >= 0.6 is 24.2 Å². The average molecular weight is 801 g/mol. The zero-order valence-electron chi connectivity index (χ0n) is 32.3. The minimum atomic E-state index is -0.904. The molecule has 0 aliphatic carbocycles. The highest BCUT2D eigenvalue weighted by molar-refractivity contribution is 7.81. The van der Waals surface area contributed by atoms with E-state index in [1.807, 2.05) is 49.1 Å². The molecular formula is C41H49ClN8O5S. The number of carbonyl (C=O) groups excluding carboxylic acids is 4. The SMILES string of the molecule is CCc1cc(N2C(S)N(c3ccc(C#N)c(Cl)c3)C(=O)C2(C)C)ccc1OCCN1C[C@@H](C)N(CC(=O)Nc2cccc(NC3CCC(=O)NC3=O)c2)[C@@H](C)C1. The van der Waals surface area contributed by atoms with Gasteiger partial charge in [-0.3, -0.25) is 39.2 Å². The van der Waals surface area contributed by atoms with Gasteiger partial charge >= 0.3 is 0 Å². The van der Waals surface area contributed by atoms with E-state index in [2.05, 4.69) is 58.7 Å². The van der Waals surface area contributed by atoms with Crippen molar-refractivity contribution in [3.63, 3.8) is 0 Å². The highest BCUT2D eigenvalue weighted by atomic mass is 35.5. The van der Waals surface area contributed by atoms with Crippen LogP contribution in [0.1, 0.15) is 58.6 Å². The first-order valence-electron chi connectivity index (χ1n) is 18.9. The fourth-order valence-electron chi connectivity index (χ4n) is 7.82. The number of thiol groups is 1. The van der Waals surface area contributed by atoms with Crippen LogP contribution in [0.5, 0.6) is 5.75 Å². The van der Waals surface area contributed by atoms with Crippen LogP contribution in [0.2, 0.25) is 5.02 Å². The third-order valence-corrected chi connectivity index (χ3v) is 11.5. The molecule has 2 unspecified atom stereocenters. The van der Waals surface area contributed by atoms with E-state index in [-0.39, 0.29) is 53.7 Å². The molecule has 3 fully saturated rings. The number of hydrogen-bond donors (Lipinski definition) is 4. The second-order valence-electron chi connectivity index (χ2n) is 15.1. The quantitative estimate of drug-likeness (QED) is 0.141. The summed E-state index contributed by atoms with van der Waals surface area (Å²) in [7, 11) is 0. The molecule has 3 saturated heterocycles. The Morgan fingerprint density at radius 3 is 2.43 bits per heavy atom. The van der Waals surface area contributed by atoms with Gasteiger partial charge in [-0.2, -0.15) is 5.26 Å². The second-order valence-corrected chi connectivity index (χ2v) is 16.0. The number of amides is 4. The Hall–Kier alpha value is -4.81. The van der Waals surface area contributed by atoms with Gasteiger partial charge in [-0.1, -0.05) is 24.6 Å². The molecule has 0 spiro atoms. The normalized spacial score (nSPS) is 22.8. The number of piperazine rings is 1. The zero-order chi connectivity index (χ0) is 40.3. The summed E-state index contributed by atoms with van der Waals surface area (Å²) >= 11 is 11.2. The number of carbonyl (C=O) groups is 4. The third-order valence-electron chi connectivity index (χ3n) is 10.8. The minimum absolute atomic E-state index is 0.119. The van der Waals surface area contributed by atoms with Gasteiger partial charge in [-0.25, -0.2) is 0 Å². The number of benzene rings is 3. The fraction of sp³-hybridized carbons (Fsp3) is 0.439. The predicted molar refractivity (Wildman–Crippen MR) is 221 cm³/mol. The number of aryl methyl sites for hydroxylation is 1. The Morgan fingerprint density at radius 1 is 1.04 bits per heavy atom. The Kier molecular flexibility index (Phi) is 12.5. The summed E-state index contributed by atoms with van der Waals surface area (Å²) in [5, 5.41) is 18.1. The lowest BCUT2D eigenvalue weighted by molar-refractivity contribution is -0.133. The molecule has 6 rings (SSSR count). The predicted octanol–water partition coefficient (Wildman–Crippen LogP) is 5.25. The Bertz CT molecular complexity index is 2030. The van der Waals surface area contributed by atoms with Crippen molar-refractivity contribution < 1.29 is 23.9 Å². The summed E-state index contributed by atoms with van der Waals surface area (Å²) in [4.78, 5) is 58.7. The van der Waals surface area contributed by atoms with Crippen LogP contribution in [0.15, 0.2) is 60.7 Å². The van der Waals surface area contributed by atoms with E-state index >= 15 is 0 Å². The number of piperidine rings is 1. The lowest BCUT2D eigenvalue weighted by atomic mass is 10.0. The van der Waals surface area contributed by atoms with Crippen molar-refractivity contribution in [2.45, 2.75) is 83.0 Å². The molecule has 15 heteroatoms. The summed E-state index contributed by atoms with van der Waals surface area (Å²) in [5.41, 5.74) is 2.57. The van der Waals surface area contributed by atoms with E-state index in [1.165, 1.54) is 0 Å². The first-order chi connectivity index (χ1) is 26.7. The van der Waals surface area contributed by atoms with Crippen molar-refractivity contribution in [3.8, 4) is 11.8 Å². The van der Waals surface area contributed by atoms with Crippen LogP contribution in [0.4, 0.5) is 22.7 Å². The van der Waals surface area contributed by atoms with E-state index < -0.39 is 17.1 Å². The number of nitriles is 1. The molecule has 0 radical (unpaired) electrons. The van der Waals surface area contributed by atoms with Crippen molar-refractivity contribution in [2.24, 2.45) is 0 Å². The zero-order valence-corrected chi connectivity index (χ0v) is 34.0. The first kappa shape index (κ1) is 40.8. The van der Waals surface area contributed by atoms with Gasteiger partial charge in [0.15, 0.2) is 5.50 Å². The number of ether oxygens (including phenoxy) is 1. The maximum absolute atomic E-state index is 13.7. The lowest BCUT2D eigenvalue weighted by Crippen LogP contribution is -2.58. The van der Waals surface area contributed by atoms with E-state index in [0.29, 0.717) is 35.7 Å². The standard InChI is InChI=1S/C41H49ClN8O5S/c1-6-27-18-32(50-40(56)49(39(54)41(50,4)5)31-11-10-28(21-43)33(42)20-31)12-14-35(27)55-17-16-47-22-25(2)48(26(3)23-47)24-37(52)45-30-9-7-8-29(19-30)44-34-13-15-36(51)46-38(34)53/h7-12,14,18-20,25-26,34,40,44,56H,6,13,15-17,22-24H2,1-5H3,(H,45,52)(H,46,51,53)/t25-,26+,34?,40?. The molecule has 3 aromatic carbocycles. The fourth-order valence-corrected chi connectivity index (χ4v) is 8.70. The molecule has 3 aliphatic heterocycles. The van der Waals surface area contributed by atoms with Gasteiger partial charge in [-0.05, 0) is 101 Å². The third kappa shape index (κ3) is 8.76. The maximum atomic E-state index is 13.7. The van der Waals surface area contributed by atoms with Crippen LogP contribution < -0.4 is 30.5 Å². The van der Waals surface area contributed by atoms with Gasteiger partial charge < -0.3 is 20.3 Å². The molecule has 0 saturated carbocycles. The second kappa shape index (κ2) is 17.1. The van der Waals surface area contributed by atoms with Crippen molar-refractivity contribution in [1.82, 2.24) is 15.1 Å². The number of rotatable bonds is 12. The molecule has 3 aliphatic rings. The molecule has 0 bridgehead atoms. The number of anilines is 4. The van der Waals surface area contributed by atoms with Crippen LogP contribution in [0.3, 0.4) is 0 Å². The smallest absolute Gasteiger partial charge is 0.254 e. The van der Waals surface area contributed by atoms with Gasteiger partial charge in [0.25, 0.3) is 5.91 Å². The first-order valence-corrected chi connectivity index (χ1v) is 19.8. The lowest BCUT2D eigenvalue weighted by Gasteiger charge is -2.44. The average Bonchev–Trinajstić information content (AvgIpc) is 3.33. The molecule has 0 aromatic heterocycles. The van der Waals surface area contributed by atoms with E-state index in [0.717, 1.165) is 43.1 Å². The summed E-state index contributed by atoms with van der Waals surface area (Å²) in [6.45, 7) is 13.1. The molecule has 296 valence electrons. The van der Waals surface area contributed by atoms with Crippen molar-refractivity contribution in [2.75, 3.05) is 53.2 Å². The van der Waals surface area contributed by atoms with Gasteiger partial charge in [-0.15, -0.1) is 12.6 Å². The van der Waals surface area contributed by atoms with Crippen molar-refractivity contribution in [3.05, 3.63) is 76.8 Å². The van der Waals surface area contributed by atoms with Crippen LogP contribution in [0.25, 0.3) is 0 Å². The van der Waals surface area contributed by atoms with Crippen molar-refractivity contribution in [1.29, 1.82) is 5.26 Å². The number of imide groups is 1. The Labute approximate surface area is 338 Å².